The van der Waals surface area contributed by atoms with Gasteiger partial charge in [-0.25, -0.2) is 0 Å². The lowest BCUT2D eigenvalue weighted by Crippen LogP contribution is -2.10. The van der Waals surface area contributed by atoms with Crippen LogP contribution in [0.2, 0.25) is 0 Å². The van der Waals surface area contributed by atoms with Gasteiger partial charge in [-0.2, -0.15) is 0 Å². The third-order valence-electron chi connectivity index (χ3n) is 1.21. The highest BCUT2D eigenvalue weighted by Crippen LogP contribution is 2.13. The summed E-state index contributed by atoms with van der Waals surface area (Å²) in [6.45, 7) is 0. The first-order chi connectivity index (χ1) is 5.74. The number of aliphatic hydroxyl groups is 1. The van der Waals surface area contributed by atoms with Gasteiger partial charge in [-0.05, 0) is 0 Å². The van der Waals surface area contributed by atoms with E-state index in [9.17, 15) is 0 Å². The summed E-state index contributed by atoms with van der Waals surface area (Å²) in [5.41, 5.74) is 0. The average Bonchev–Trinajstić information content (AvgIpc) is 2.47. The highest BCUT2D eigenvalue weighted by Gasteiger charge is 2.04. The number of hydrogen-bond acceptors (Lipinski definition) is 5. The van der Waals surface area contributed by atoms with Gasteiger partial charge in [-0.1, -0.05) is 24.0 Å². The van der Waals surface area contributed by atoms with E-state index < -0.39 is 6.10 Å². The first-order valence-electron chi connectivity index (χ1n) is 3.34. The smallest absolute Gasteiger partial charge is 0.190 e. The third kappa shape index (κ3) is 2.54. The Morgan fingerprint density at radius 3 is 3.17 bits per heavy atom. The number of thioether (sulfide) groups is 1. The molecule has 0 aromatic carbocycles. The molecule has 12 heavy (non-hydrogen) atoms. The largest absolute Gasteiger partial charge is 0.387 e. The molecule has 4 nitrogen and oxygen atoms in total. The van der Waals surface area contributed by atoms with Crippen molar-refractivity contribution in [1.82, 2.24) is 14.8 Å². The highest BCUT2D eigenvalue weighted by molar-refractivity contribution is 7.99. The molecular weight excluding hydrogens is 194 g/mol. The molecule has 0 amide bonds. The zero-order valence-corrected chi connectivity index (χ0v) is 8.18. The number of thiocarbonyl (C=S) groups is 1. The average molecular weight is 203 g/mol. The minimum absolute atomic E-state index is 0.524. The number of aryl methyl sites for hydroxylation is 1. The van der Waals surface area contributed by atoms with Crippen LogP contribution >= 0.6 is 24.0 Å². The Bertz CT molecular complexity index is 263. The summed E-state index contributed by atoms with van der Waals surface area (Å²) in [4.78, 5) is 0. The summed E-state index contributed by atoms with van der Waals surface area (Å²) in [5, 5.41) is 18.8. The Labute approximate surface area is 80.0 Å². The Balaban J connectivity index is 2.43. The van der Waals surface area contributed by atoms with Crippen LogP contribution in [0, 0.1) is 0 Å². The van der Waals surface area contributed by atoms with Crippen LogP contribution in [-0.2, 0) is 7.05 Å². The summed E-state index contributed by atoms with van der Waals surface area (Å²) in [6, 6.07) is 0. The van der Waals surface area contributed by atoms with E-state index in [2.05, 4.69) is 22.4 Å². The van der Waals surface area contributed by atoms with Gasteiger partial charge in [0.15, 0.2) is 5.16 Å². The number of aromatic nitrogens is 3. The lowest BCUT2D eigenvalue weighted by molar-refractivity contribution is 0.273. The zero-order valence-electron chi connectivity index (χ0n) is 6.54. The second-order valence-corrected chi connectivity index (χ2v) is 3.50. The van der Waals surface area contributed by atoms with Gasteiger partial charge >= 0.3 is 0 Å². The van der Waals surface area contributed by atoms with Crippen molar-refractivity contribution in [2.24, 2.45) is 7.05 Å². The summed E-state index contributed by atoms with van der Waals surface area (Å²) >= 11 is 6.00. The Morgan fingerprint density at radius 2 is 2.67 bits per heavy atom. The highest BCUT2D eigenvalue weighted by atomic mass is 32.2. The van der Waals surface area contributed by atoms with E-state index in [1.807, 2.05) is 7.05 Å². The second-order valence-electron chi connectivity index (χ2n) is 2.24. The molecule has 0 spiro atoms. The molecule has 1 rings (SSSR count). The Kier molecular flexibility index (Phi) is 3.64. The van der Waals surface area contributed by atoms with Gasteiger partial charge in [0, 0.05) is 18.2 Å². The van der Waals surface area contributed by atoms with E-state index >= 15 is 0 Å². The zero-order chi connectivity index (χ0) is 8.97. The number of hydrogen-bond donors (Lipinski definition) is 1. The maximum Gasteiger partial charge on any atom is 0.190 e. The van der Waals surface area contributed by atoms with Crippen LogP contribution in [0.4, 0.5) is 0 Å². The predicted molar refractivity (Wildman–Crippen MR) is 51.4 cm³/mol. The molecular formula is C6H9N3OS2. The molecule has 0 aliphatic carbocycles. The molecule has 0 fully saturated rings. The molecule has 0 saturated carbocycles. The monoisotopic (exact) mass is 203 g/mol. The molecule has 1 N–H and O–H groups in total. The van der Waals surface area contributed by atoms with Crippen molar-refractivity contribution in [2.45, 2.75) is 11.3 Å². The minimum atomic E-state index is -0.554. The van der Waals surface area contributed by atoms with Crippen molar-refractivity contribution < 1.29 is 5.11 Å². The SMILES string of the molecule is Cn1cnnc1SCC(O)C=S. The fourth-order valence-corrected chi connectivity index (χ4v) is 1.59. The molecule has 66 valence electrons. The Morgan fingerprint density at radius 1 is 1.92 bits per heavy atom. The quantitative estimate of drug-likeness (QED) is 0.562. The maximum atomic E-state index is 9.11. The maximum absolute atomic E-state index is 9.11. The first kappa shape index (κ1) is 9.63. The minimum Gasteiger partial charge on any atom is -0.387 e. The van der Waals surface area contributed by atoms with Crippen molar-refractivity contribution in [3.05, 3.63) is 6.33 Å². The molecule has 1 heterocycles. The normalized spacial score (nSPS) is 12.8. The van der Waals surface area contributed by atoms with Gasteiger partial charge in [-0.15, -0.1) is 10.2 Å². The lowest BCUT2D eigenvalue weighted by Gasteiger charge is -2.02. The first-order valence-corrected chi connectivity index (χ1v) is 4.80. The summed E-state index contributed by atoms with van der Waals surface area (Å²) in [6.07, 6.45) is 1.06. The van der Waals surface area contributed by atoms with Gasteiger partial charge in [-0.3, -0.25) is 0 Å². The molecule has 1 unspecified atom stereocenters. The second kappa shape index (κ2) is 4.54. The van der Waals surface area contributed by atoms with Crippen molar-refractivity contribution in [3.8, 4) is 0 Å². The van der Waals surface area contributed by atoms with Crippen LogP contribution in [0.5, 0.6) is 0 Å². The van der Waals surface area contributed by atoms with Gasteiger partial charge < -0.3 is 9.67 Å². The van der Waals surface area contributed by atoms with Crippen molar-refractivity contribution in [3.63, 3.8) is 0 Å². The molecule has 0 radical (unpaired) electrons. The molecule has 1 aromatic heterocycles. The van der Waals surface area contributed by atoms with Crippen LogP contribution in [0.15, 0.2) is 11.5 Å². The Hall–Kier alpha value is -0.460. The molecule has 0 bridgehead atoms. The molecule has 1 atom stereocenters. The summed E-state index contributed by atoms with van der Waals surface area (Å²) in [7, 11) is 1.85. The number of aliphatic hydroxyl groups excluding tert-OH is 1. The van der Waals surface area contributed by atoms with Crippen LogP contribution in [0.25, 0.3) is 0 Å². The topological polar surface area (TPSA) is 50.9 Å². The molecule has 0 aliphatic rings. The van der Waals surface area contributed by atoms with E-state index in [4.69, 9.17) is 5.11 Å². The van der Waals surface area contributed by atoms with E-state index in [1.54, 1.807) is 10.9 Å². The van der Waals surface area contributed by atoms with Crippen molar-refractivity contribution in [1.29, 1.82) is 0 Å². The van der Waals surface area contributed by atoms with Gasteiger partial charge in [0.1, 0.15) is 6.33 Å². The third-order valence-corrected chi connectivity index (χ3v) is 2.66. The van der Waals surface area contributed by atoms with E-state index in [-0.39, 0.29) is 0 Å². The fraction of sp³-hybridized carbons (Fsp3) is 0.500. The van der Waals surface area contributed by atoms with E-state index in [1.165, 1.54) is 17.1 Å². The molecule has 1 aromatic rings. The van der Waals surface area contributed by atoms with Gasteiger partial charge in [0.05, 0.1) is 6.10 Å². The van der Waals surface area contributed by atoms with Crippen LogP contribution in [-0.4, -0.2) is 37.1 Å². The van der Waals surface area contributed by atoms with Gasteiger partial charge in [0.2, 0.25) is 0 Å². The van der Waals surface area contributed by atoms with Crippen molar-refractivity contribution >= 4 is 29.3 Å². The molecule has 0 aliphatic heterocycles. The molecule has 0 saturated heterocycles. The number of rotatable bonds is 4. The summed E-state index contributed by atoms with van der Waals surface area (Å²) in [5.74, 6) is 0.524. The predicted octanol–water partition coefficient (Wildman–Crippen LogP) is 0.268. The van der Waals surface area contributed by atoms with Crippen molar-refractivity contribution in [2.75, 3.05) is 5.75 Å². The van der Waals surface area contributed by atoms with E-state index in [0.29, 0.717) is 5.75 Å². The standard InChI is InChI=1S/C6H9N3OS2/c1-9-4-7-8-6(9)12-3-5(10)2-11/h2,4-5,10H,3H2,1H3. The van der Waals surface area contributed by atoms with Crippen LogP contribution < -0.4 is 0 Å². The summed E-state index contributed by atoms with van der Waals surface area (Å²) < 4.78 is 1.79. The van der Waals surface area contributed by atoms with Gasteiger partial charge in [0.25, 0.3) is 0 Å². The fourth-order valence-electron chi connectivity index (χ4n) is 0.602. The molecule has 6 heteroatoms. The van der Waals surface area contributed by atoms with E-state index in [0.717, 1.165) is 5.16 Å². The van der Waals surface area contributed by atoms with Crippen LogP contribution in [0.1, 0.15) is 0 Å². The van der Waals surface area contributed by atoms with Crippen LogP contribution in [0.3, 0.4) is 0 Å². The number of nitrogens with zero attached hydrogens (tertiary/aromatic N) is 3. The lowest BCUT2D eigenvalue weighted by atomic mass is 10.5.